The van der Waals surface area contributed by atoms with Gasteiger partial charge in [-0.1, -0.05) is 26.0 Å². The molecule has 0 saturated carbocycles. The van der Waals surface area contributed by atoms with Gasteiger partial charge in [-0.05, 0) is 18.9 Å². The third kappa shape index (κ3) is 5.37. The summed E-state index contributed by atoms with van der Waals surface area (Å²) in [4.78, 5) is 22.3. The number of benzene rings is 1. The molecule has 0 spiro atoms. The summed E-state index contributed by atoms with van der Waals surface area (Å²) in [7, 11) is -3.22. The number of sulfonamides is 1. The molecule has 1 aromatic carbocycles. The Morgan fingerprint density at radius 3 is 2.26 bits per heavy atom. The van der Waals surface area contributed by atoms with E-state index in [1.165, 1.54) is 22.7 Å². The van der Waals surface area contributed by atoms with Crippen LogP contribution in [0.3, 0.4) is 0 Å². The number of aryl methyl sites for hydroxylation is 1. The zero-order chi connectivity index (χ0) is 22.8. The molecule has 2 aromatic rings. The van der Waals surface area contributed by atoms with E-state index in [9.17, 15) is 18.5 Å². The maximum atomic E-state index is 11.9. The van der Waals surface area contributed by atoms with Crippen molar-refractivity contribution in [1.82, 2.24) is 14.3 Å². The first-order chi connectivity index (χ1) is 14.6. The van der Waals surface area contributed by atoms with Crippen molar-refractivity contribution in [3.8, 4) is 0 Å². The number of nitro benzene ring substituents is 1. The van der Waals surface area contributed by atoms with Crippen LogP contribution in [0.2, 0.25) is 0 Å². The van der Waals surface area contributed by atoms with Gasteiger partial charge in [0.15, 0.2) is 0 Å². The lowest BCUT2D eigenvalue weighted by Crippen LogP contribution is -2.49. The zero-order valence-electron chi connectivity index (χ0n) is 18.4. The van der Waals surface area contributed by atoms with E-state index in [0.717, 1.165) is 34.9 Å². The second kappa shape index (κ2) is 9.27. The Labute approximate surface area is 183 Å². The number of hydrogen-bond donors (Lipinski definition) is 0. The molecule has 10 heteroatoms. The molecule has 9 nitrogen and oxygen atoms in total. The summed E-state index contributed by atoms with van der Waals surface area (Å²) < 4.78 is 25.3. The van der Waals surface area contributed by atoms with E-state index in [0.29, 0.717) is 32.6 Å². The van der Waals surface area contributed by atoms with Crippen LogP contribution in [0.15, 0.2) is 24.3 Å². The number of non-ortho nitro benzene ring substituents is 1. The topological polar surface area (TPSA) is 110 Å². The van der Waals surface area contributed by atoms with Gasteiger partial charge in [0.2, 0.25) is 10.0 Å². The van der Waals surface area contributed by atoms with Crippen LogP contribution in [-0.4, -0.2) is 60.0 Å². The van der Waals surface area contributed by atoms with Crippen LogP contribution < -0.4 is 4.90 Å². The first kappa shape index (κ1) is 23.1. The Bertz CT molecular complexity index is 1050. The minimum atomic E-state index is -3.22. The third-order valence-electron chi connectivity index (χ3n) is 5.80. The van der Waals surface area contributed by atoms with Gasteiger partial charge >= 0.3 is 0 Å². The summed E-state index contributed by atoms with van der Waals surface area (Å²) >= 11 is 0. The van der Waals surface area contributed by atoms with E-state index in [1.807, 2.05) is 6.92 Å². The average Bonchev–Trinajstić information content (AvgIpc) is 2.74. The lowest BCUT2D eigenvalue weighted by atomic mass is 10.0. The zero-order valence-corrected chi connectivity index (χ0v) is 19.2. The molecule has 0 bridgehead atoms. The third-order valence-corrected chi connectivity index (χ3v) is 7.10. The molecule has 0 aliphatic carbocycles. The summed E-state index contributed by atoms with van der Waals surface area (Å²) in [6, 6.07) is 6.52. The molecule has 1 aliphatic rings. The molecular formula is C21H29N5O4S. The quantitative estimate of drug-likeness (QED) is 0.474. The van der Waals surface area contributed by atoms with Gasteiger partial charge in [0.05, 0.1) is 11.2 Å². The smallest absolute Gasteiger partial charge is 0.269 e. The van der Waals surface area contributed by atoms with Gasteiger partial charge < -0.3 is 4.90 Å². The Morgan fingerprint density at radius 2 is 1.74 bits per heavy atom. The van der Waals surface area contributed by atoms with E-state index < -0.39 is 14.9 Å². The van der Waals surface area contributed by atoms with Gasteiger partial charge in [0.25, 0.3) is 5.69 Å². The molecule has 1 aromatic heterocycles. The van der Waals surface area contributed by atoms with Crippen LogP contribution in [0, 0.1) is 17.0 Å². The first-order valence-electron chi connectivity index (χ1n) is 10.4. The molecule has 168 valence electrons. The van der Waals surface area contributed by atoms with Crippen molar-refractivity contribution in [2.24, 2.45) is 0 Å². The van der Waals surface area contributed by atoms with Crippen molar-refractivity contribution in [3.05, 3.63) is 57.0 Å². The number of aromatic nitrogens is 2. The molecule has 1 atom stereocenters. The van der Waals surface area contributed by atoms with Crippen molar-refractivity contribution in [1.29, 1.82) is 0 Å². The number of nitrogens with zero attached hydrogens (tertiary/aromatic N) is 5. The number of rotatable bonds is 7. The van der Waals surface area contributed by atoms with E-state index in [-0.39, 0.29) is 11.6 Å². The number of hydrogen-bond acceptors (Lipinski definition) is 7. The first-order valence-corrected chi connectivity index (χ1v) is 12.3. The molecule has 1 fully saturated rings. The molecule has 31 heavy (non-hydrogen) atoms. The Morgan fingerprint density at radius 1 is 1.13 bits per heavy atom. The number of anilines is 1. The van der Waals surface area contributed by atoms with Crippen molar-refractivity contribution < 1.29 is 13.3 Å². The van der Waals surface area contributed by atoms with Crippen LogP contribution in [0.1, 0.15) is 48.8 Å². The second-order valence-corrected chi connectivity index (χ2v) is 10.0. The van der Waals surface area contributed by atoms with E-state index in [2.05, 4.69) is 18.7 Å². The van der Waals surface area contributed by atoms with Gasteiger partial charge in [-0.3, -0.25) is 10.1 Å². The molecule has 0 amide bonds. The highest BCUT2D eigenvalue weighted by atomic mass is 32.2. The summed E-state index contributed by atoms with van der Waals surface area (Å²) in [5.74, 6) is 1.82. The predicted octanol–water partition coefficient (Wildman–Crippen LogP) is 2.88. The highest BCUT2D eigenvalue weighted by Gasteiger charge is 2.27. The summed E-state index contributed by atoms with van der Waals surface area (Å²) in [5.41, 5.74) is 2.84. The van der Waals surface area contributed by atoms with Crippen LogP contribution in [-0.2, 0) is 16.4 Å². The van der Waals surface area contributed by atoms with Gasteiger partial charge in [0, 0.05) is 61.9 Å². The molecule has 2 heterocycles. The highest BCUT2D eigenvalue weighted by molar-refractivity contribution is 7.88. The highest BCUT2D eigenvalue weighted by Crippen LogP contribution is 2.28. The minimum absolute atomic E-state index is 0.0564. The molecule has 3 rings (SSSR count). The van der Waals surface area contributed by atoms with Gasteiger partial charge in [-0.2, -0.15) is 4.31 Å². The fraction of sp³-hybridized carbons (Fsp3) is 0.524. The van der Waals surface area contributed by atoms with Crippen LogP contribution >= 0.6 is 0 Å². The average molecular weight is 448 g/mol. The van der Waals surface area contributed by atoms with Crippen molar-refractivity contribution in [2.45, 2.75) is 39.5 Å². The van der Waals surface area contributed by atoms with Gasteiger partial charge in [-0.15, -0.1) is 0 Å². The summed E-state index contributed by atoms with van der Waals surface area (Å²) in [5, 5.41) is 10.9. The summed E-state index contributed by atoms with van der Waals surface area (Å²) in [6.45, 7) is 8.09. The largest absolute Gasteiger partial charge is 0.354 e. The van der Waals surface area contributed by atoms with Crippen molar-refractivity contribution in [2.75, 3.05) is 37.3 Å². The van der Waals surface area contributed by atoms with Crippen molar-refractivity contribution in [3.63, 3.8) is 0 Å². The lowest BCUT2D eigenvalue weighted by molar-refractivity contribution is -0.384. The van der Waals surface area contributed by atoms with E-state index in [1.54, 1.807) is 12.1 Å². The predicted molar refractivity (Wildman–Crippen MR) is 120 cm³/mol. The number of nitro groups is 1. The van der Waals surface area contributed by atoms with E-state index >= 15 is 0 Å². The number of piperazine rings is 1. The lowest BCUT2D eigenvalue weighted by Gasteiger charge is -2.35. The van der Waals surface area contributed by atoms with Crippen LogP contribution in [0.4, 0.5) is 11.5 Å². The Kier molecular flexibility index (Phi) is 6.90. The fourth-order valence-electron chi connectivity index (χ4n) is 3.64. The van der Waals surface area contributed by atoms with Crippen LogP contribution in [0.5, 0.6) is 0 Å². The van der Waals surface area contributed by atoms with Crippen LogP contribution in [0.25, 0.3) is 0 Å². The maximum Gasteiger partial charge on any atom is 0.269 e. The van der Waals surface area contributed by atoms with Crippen molar-refractivity contribution >= 4 is 21.5 Å². The molecule has 0 unspecified atom stereocenters. The standard InChI is InChI=1S/C21H29N5O4S/c1-5-15(2)20-22-16(3)19(14-17-6-8-18(9-7-17)26(27)28)21(23-20)24-10-12-25(13-11-24)31(4,29)30/h6-9,15H,5,10-14H2,1-4H3/t15-/m0/s1. The molecule has 1 aliphatic heterocycles. The van der Waals surface area contributed by atoms with Gasteiger partial charge in [-0.25, -0.2) is 18.4 Å². The molecular weight excluding hydrogens is 418 g/mol. The monoisotopic (exact) mass is 447 g/mol. The second-order valence-electron chi connectivity index (χ2n) is 8.03. The molecule has 1 saturated heterocycles. The maximum absolute atomic E-state index is 11.9. The molecule has 0 radical (unpaired) electrons. The normalized spacial score (nSPS) is 16.3. The van der Waals surface area contributed by atoms with E-state index in [4.69, 9.17) is 9.97 Å². The Hall–Kier alpha value is -2.59. The SMILES string of the molecule is CC[C@H](C)c1nc(C)c(Cc2ccc([N+](=O)[O-])cc2)c(N2CCN(S(C)(=O)=O)CC2)n1. The minimum Gasteiger partial charge on any atom is -0.354 e. The Balaban J connectivity index is 1.95. The fourth-order valence-corrected chi connectivity index (χ4v) is 4.47. The molecule has 0 N–H and O–H groups in total. The summed E-state index contributed by atoms with van der Waals surface area (Å²) in [6.07, 6.45) is 2.70. The van der Waals surface area contributed by atoms with Gasteiger partial charge in [0.1, 0.15) is 11.6 Å².